The fraction of sp³-hybridized carbons (Fsp3) is 0.417. The minimum atomic E-state index is -4.59. The lowest BCUT2D eigenvalue weighted by Gasteiger charge is -2.21. The Hall–Kier alpha value is -3.03. The summed E-state index contributed by atoms with van der Waals surface area (Å²) in [5.74, 6) is -0.415. The molecule has 5 nitrogen and oxygen atoms in total. The van der Waals surface area contributed by atoms with Gasteiger partial charge < -0.3 is 14.4 Å². The van der Waals surface area contributed by atoms with E-state index in [0.29, 0.717) is 17.9 Å². The number of carbonyl (C=O) groups is 2. The van der Waals surface area contributed by atoms with E-state index < -0.39 is 23.3 Å². The first-order valence-corrected chi connectivity index (χ1v) is 10.2. The Bertz CT molecular complexity index is 947. The quantitative estimate of drug-likeness (QED) is 0.485. The van der Waals surface area contributed by atoms with Crippen molar-refractivity contribution in [3.05, 3.63) is 59.2 Å². The van der Waals surface area contributed by atoms with Gasteiger partial charge in [0, 0.05) is 24.7 Å². The van der Waals surface area contributed by atoms with Crippen LogP contribution in [0.4, 0.5) is 18.9 Å². The van der Waals surface area contributed by atoms with Crippen molar-refractivity contribution < 1.29 is 32.2 Å². The summed E-state index contributed by atoms with van der Waals surface area (Å²) in [6.07, 6.45) is -3.40. The van der Waals surface area contributed by atoms with Crippen LogP contribution in [0.25, 0.3) is 0 Å². The lowest BCUT2D eigenvalue weighted by molar-refractivity contribution is -0.137. The molecule has 174 valence electrons. The van der Waals surface area contributed by atoms with E-state index in [-0.39, 0.29) is 23.6 Å². The smallest absolute Gasteiger partial charge is 0.416 e. The first-order valence-electron chi connectivity index (χ1n) is 10.2. The average molecular weight is 451 g/mol. The van der Waals surface area contributed by atoms with Gasteiger partial charge in [-0.1, -0.05) is 13.0 Å². The van der Waals surface area contributed by atoms with E-state index in [9.17, 15) is 22.8 Å². The van der Waals surface area contributed by atoms with Gasteiger partial charge in [-0.15, -0.1) is 0 Å². The van der Waals surface area contributed by atoms with Crippen LogP contribution in [-0.4, -0.2) is 24.5 Å². The van der Waals surface area contributed by atoms with Crippen LogP contribution in [-0.2, 0) is 22.3 Å². The number of ether oxygens (including phenoxy) is 2. The van der Waals surface area contributed by atoms with Crippen LogP contribution in [0, 0.1) is 0 Å². The number of hydrogen-bond acceptors (Lipinski definition) is 4. The number of alkyl halides is 3. The molecule has 0 N–H and O–H groups in total. The molecule has 0 atom stereocenters. The molecule has 0 aliphatic rings. The van der Waals surface area contributed by atoms with E-state index >= 15 is 0 Å². The molecule has 0 heterocycles. The molecule has 0 fully saturated rings. The minimum absolute atomic E-state index is 0.00655. The number of carbonyl (C=O) groups excluding carboxylic acids is 2. The van der Waals surface area contributed by atoms with Gasteiger partial charge in [0.2, 0.25) is 5.91 Å². The zero-order valence-corrected chi connectivity index (χ0v) is 18.9. The summed E-state index contributed by atoms with van der Waals surface area (Å²) in [4.78, 5) is 26.1. The third kappa shape index (κ3) is 7.00. The van der Waals surface area contributed by atoms with Crippen molar-refractivity contribution in [2.45, 2.75) is 58.9 Å². The fourth-order valence-electron chi connectivity index (χ4n) is 2.85. The van der Waals surface area contributed by atoms with E-state index in [1.165, 1.54) is 6.07 Å². The summed E-state index contributed by atoms with van der Waals surface area (Å²) in [6.45, 7) is 6.71. The predicted octanol–water partition coefficient (Wildman–Crippen LogP) is 6.00. The molecule has 0 saturated heterocycles. The highest BCUT2D eigenvalue weighted by Crippen LogP contribution is 2.31. The molecule has 0 saturated carbocycles. The van der Waals surface area contributed by atoms with Crippen LogP contribution in [0.2, 0.25) is 0 Å². The van der Waals surface area contributed by atoms with Gasteiger partial charge in [0.1, 0.15) is 18.0 Å². The van der Waals surface area contributed by atoms with E-state index in [4.69, 9.17) is 9.47 Å². The van der Waals surface area contributed by atoms with Crippen molar-refractivity contribution in [2.75, 3.05) is 11.9 Å². The van der Waals surface area contributed by atoms with Crippen LogP contribution in [0.5, 0.6) is 5.75 Å². The van der Waals surface area contributed by atoms with E-state index in [1.54, 1.807) is 57.0 Å². The lowest BCUT2D eigenvalue weighted by Crippen LogP contribution is -2.25. The van der Waals surface area contributed by atoms with Gasteiger partial charge >= 0.3 is 12.1 Å². The highest BCUT2D eigenvalue weighted by Gasteiger charge is 2.32. The third-order valence-electron chi connectivity index (χ3n) is 4.51. The molecule has 0 radical (unpaired) electrons. The maximum Gasteiger partial charge on any atom is 0.416 e. The molecular weight excluding hydrogens is 423 g/mol. The van der Waals surface area contributed by atoms with Gasteiger partial charge in [0.25, 0.3) is 0 Å². The largest absolute Gasteiger partial charge is 0.489 e. The fourth-order valence-corrected chi connectivity index (χ4v) is 2.85. The highest BCUT2D eigenvalue weighted by atomic mass is 19.4. The summed E-state index contributed by atoms with van der Waals surface area (Å²) < 4.78 is 50.4. The Balaban J connectivity index is 2.21. The summed E-state index contributed by atoms with van der Waals surface area (Å²) in [7, 11) is 1.68. The number of esters is 1. The van der Waals surface area contributed by atoms with Crippen molar-refractivity contribution in [1.82, 2.24) is 0 Å². The molecule has 2 aromatic carbocycles. The minimum Gasteiger partial charge on any atom is -0.489 e. The molecule has 1 amide bonds. The van der Waals surface area contributed by atoms with Gasteiger partial charge in [-0.2, -0.15) is 13.2 Å². The van der Waals surface area contributed by atoms with Gasteiger partial charge in [-0.3, -0.25) is 4.79 Å². The first kappa shape index (κ1) is 25.2. The zero-order valence-electron chi connectivity index (χ0n) is 18.9. The molecule has 8 heteroatoms. The zero-order chi connectivity index (χ0) is 24.1. The average Bonchev–Trinajstić information content (AvgIpc) is 2.70. The van der Waals surface area contributed by atoms with Gasteiger partial charge in [-0.05, 0) is 63.6 Å². The van der Waals surface area contributed by atoms with Crippen molar-refractivity contribution in [1.29, 1.82) is 0 Å². The van der Waals surface area contributed by atoms with Crippen LogP contribution in [0.1, 0.15) is 62.0 Å². The van der Waals surface area contributed by atoms with E-state index in [2.05, 4.69) is 0 Å². The third-order valence-corrected chi connectivity index (χ3v) is 4.51. The van der Waals surface area contributed by atoms with Crippen LogP contribution >= 0.6 is 0 Å². The molecule has 0 unspecified atom stereocenters. The van der Waals surface area contributed by atoms with Crippen LogP contribution < -0.4 is 9.64 Å². The summed E-state index contributed by atoms with van der Waals surface area (Å²) in [5.41, 5.74) is -1.03. The molecule has 0 aliphatic carbocycles. The van der Waals surface area contributed by atoms with Crippen LogP contribution in [0.3, 0.4) is 0 Å². The highest BCUT2D eigenvalue weighted by molar-refractivity contribution is 5.93. The SMILES string of the molecule is CCCC(=O)N(C)c1ccc(OCc2ccc(C(F)(F)F)cc2C(=O)OC(C)(C)C)cc1. The number of anilines is 1. The van der Waals surface area contributed by atoms with E-state index in [0.717, 1.165) is 18.6 Å². The number of nitrogens with zero attached hydrogens (tertiary/aromatic N) is 1. The predicted molar refractivity (Wildman–Crippen MR) is 116 cm³/mol. The van der Waals surface area contributed by atoms with Gasteiger partial charge in [-0.25, -0.2) is 4.79 Å². The molecule has 2 rings (SSSR count). The summed E-state index contributed by atoms with van der Waals surface area (Å²) >= 11 is 0. The molecule has 0 aliphatic heterocycles. The number of halogens is 3. The second kappa shape index (κ2) is 10.1. The van der Waals surface area contributed by atoms with Crippen LogP contribution in [0.15, 0.2) is 42.5 Å². The monoisotopic (exact) mass is 451 g/mol. The van der Waals surface area contributed by atoms with Crippen molar-refractivity contribution in [3.8, 4) is 5.75 Å². The van der Waals surface area contributed by atoms with Crippen molar-refractivity contribution >= 4 is 17.6 Å². The second-order valence-electron chi connectivity index (χ2n) is 8.36. The molecule has 2 aromatic rings. The Kier molecular flexibility index (Phi) is 7.93. The molecule has 0 bridgehead atoms. The lowest BCUT2D eigenvalue weighted by atomic mass is 10.0. The standard InChI is InChI=1S/C24H28F3NO4/c1-6-7-21(29)28(5)18-10-12-19(13-11-18)31-15-16-8-9-17(24(25,26)27)14-20(16)22(30)32-23(2,3)4/h8-14H,6-7,15H2,1-5H3. The normalized spacial score (nSPS) is 11.8. The molecule has 0 aromatic heterocycles. The van der Waals surface area contributed by atoms with Gasteiger partial charge in [0.15, 0.2) is 0 Å². The van der Waals surface area contributed by atoms with Crippen molar-refractivity contribution in [3.63, 3.8) is 0 Å². The van der Waals surface area contributed by atoms with E-state index in [1.807, 2.05) is 6.92 Å². The Morgan fingerprint density at radius 1 is 1.00 bits per heavy atom. The Morgan fingerprint density at radius 2 is 1.62 bits per heavy atom. The van der Waals surface area contributed by atoms with Crippen molar-refractivity contribution in [2.24, 2.45) is 0 Å². The number of hydrogen-bond donors (Lipinski definition) is 0. The number of benzene rings is 2. The Morgan fingerprint density at radius 3 is 2.16 bits per heavy atom. The number of rotatable bonds is 7. The first-order chi connectivity index (χ1) is 14.8. The summed E-state index contributed by atoms with van der Waals surface area (Å²) in [6, 6.07) is 9.64. The maximum absolute atomic E-state index is 13.1. The topological polar surface area (TPSA) is 55.8 Å². The molecule has 0 spiro atoms. The van der Waals surface area contributed by atoms with Gasteiger partial charge in [0.05, 0.1) is 11.1 Å². The second-order valence-corrected chi connectivity index (χ2v) is 8.36. The summed E-state index contributed by atoms with van der Waals surface area (Å²) in [5, 5.41) is 0. The molecular formula is C24H28F3NO4. The Labute approximate surface area is 186 Å². The maximum atomic E-state index is 13.1. The number of amides is 1. The molecule has 32 heavy (non-hydrogen) atoms.